The number of esters is 1. The smallest absolute Gasteiger partial charge is 0.341 e. The van der Waals surface area contributed by atoms with Crippen molar-refractivity contribution in [3.63, 3.8) is 0 Å². The molecule has 1 heterocycles. The molecule has 1 aromatic carbocycles. The summed E-state index contributed by atoms with van der Waals surface area (Å²) in [5.41, 5.74) is 2.49. The second kappa shape index (κ2) is 7.52. The van der Waals surface area contributed by atoms with Crippen LogP contribution in [0.4, 0.5) is 0 Å². The van der Waals surface area contributed by atoms with E-state index in [4.69, 9.17) is 16.3 Å². The van der Waals surface area contributed by atoms with Crippen molar-refractivity contribution in [2.45, 2.75) is 18.4 Å². The maximum atomic E-state index is 11.9. The highest BCUT2D eigenvalue weighted by molar-refractivity contribution is 7.97. The van der Waals surface area contributed by atoms with E-state index in [1.54, 1.807) is 29.6 Å². The van der Waals surface area contributed by atoms with Gasteiger partial charge in [0.15, 0.2) is 0 Å². The van der Waals surface area contributed by atoms with E-state index in [1.165, 1.54) is 0 Å². The molecular formula is C15H17ClN2O2S. The Morgan fingerprint density at radius 2 is 2.14 bits per heavy atom. The van der Waals surface area contributed by atoms with Gasteiger partial charge in [0, 0.05) is 23.6 Å². The van der Waals surface area contributed by atoms with E-state index in [2.05, 4.69) is 5.10 Å². The molecule has 0 fully saturated rings. The molecule has 0 bridgehead atoms. The number of hydrogen-bond donors (Lipinski definition) is 0. The zero-order valence-corrected chi connectivity index (χ0v) is 13.6. The molecule has 0 unspecified atom stereocenters. The predicted octanol–water partition coefficient (Wildman–Crippen LogP) is 3.68. The Hall–Kier alpha value is -1.46. The molecule has 2 rings (SSSR count). The van der Waals surface area contributed by atoms with Crippen LogP contribution >= 0.6 is 23.4 Å². The van der Waals surface area contributed by atoms with Crippen molar-refractivity contribution in [1.29, 1.82) is 0 Å². The second-order valence-corrected chi connectivity index (χ2v) is 5.83. The summed E-state index contributed by atoms with van der Waals surface area (Å²) in [6, 6.07) is 7.77. The standard InChI is InChI=1S/C15H17ClN2O2S/c1-3-20-15(19)12-8-17-18(2)14(12)10-21-9-11-6-4-5-7-13(11)16/h4-8H,3,9-10H2,1-2H3. The van der Waals surface area contributed by atoms with E-state index in [0.717, 1.165) is 22.0 Å². The molecule has 6 heteroatoms. The summed E-state index contributed by atoms with van der Waals surface area (Å²) in [6.07, 6.45) is 1.56. The number of carbonyl (C=O) groups is 1. The van der Waals surface area contributed by atoms with Crippen LogP contribution in [0, 0.1) is 0 Å². The first kappa shape index (κ1) is 15.9. The summed E-state index contributed by atoms with van der Waals surface area (Å²) in [6.45, 7) is 2.15. The van der Waals surface area contributed by atoms with Crippen LogP contribution in [0.1, 0.15) is 28.5 Å². The normalized spacial score (nSPS) is 10.6. The monoisotopic (exact) mass is 324 g/mol. The highest BCUT2D eigenvalue weighted by Gasteiger charge is 2.17. The summed E-state index contributed by atoms with van der Waals surface area (Å²) in [5, 5.41) is 4.90. The number of aromatic nitrogens is 2. The van der Waals surface area contributed by atoms with Crippen LogP contribution in [-0.4, -0.2) is 22.4 Å². The third kappa shape index (κ3) is 4.02. The largest absolute Gasteiger partial charge is 0.462 e. The summed E-state index contributed by atoms with van der Waals surface area (Å²) >= 11 is 7.82. The maximum Gasteiger partial charge on any atom is 0.341 e. The van der Waals surface area contributed by atoms with Gasteiger partial charge in [-0.15, -0.1) is 0 Å². The number of benzene rings is 1. The van der Waals surface area contributed by atoms with Crippen molar-refractivity contribution in [3.05, 3.63) is 52.3 Å². The van der Waals surface area contributed by atoms with E-state index in [-0.39, 0.29) is 5.97 Å². The van der Waals surface area contributed by atoms with Crippen LogP contribution in [0.5, 0.6) is 0 Å². The Balaban J connectivity index is 2.02. The summed E-state index contributed by atoms with van der Waals surface area (Å²) < 4.78 is 6.76. The molecule has 0 aliphatic heterocycles. The molecule has 4 nitrogen and oxygen atoms in total. The van der Waals surface area contributed by atoms with E-state index < -0.39 is 0 Å². The van der Waals surface area contributed by atoms with Crippen molar-refractivity contribution in [2.75, 3.05) is 6.61 Å². The third-order valence-electron chi connectivity index (χ3n) is 3.01. The minimum absolute atomic E-state index is 0.320. The fraction of sp³-hybridized carbons (Fsp3) is 0.333. The van der Waals surface area contributed by atoms with Crippen molar-refractivity contribution in [3.8, 4) is 0 Å². The van der Waals surface area contributed by atoms with Gasteiger partial charge in [-0.3, -0.25) is 4.68 Å². The molecule has 0 saturated carbocycles. The lowest BCUT2D eigenvalue weighted by Crippen LogP contribution is -2.08. The first-order valence-electron chi connectivity index (χ1n) is 6.62. The Bertz CT molecular complexity index is 628. The summed E-state index contributed by atoms with van der Waals surface area (Å²) in [7, 11) is 1.83. The molecular weight excluding hydrogens is 308 g/mol. The lowest BCUT2D eigenvalue weighted by molar-refractivity contribution is 0.0525. The second-order valence-electron chi connectivity index (χ2n) is 4.43. The summed E-state index contributed by atoms with van der Waals surface area (Å²) in [5.74, 6) is 1.14. The molecule has 112 valence electrons. The van der Waals surface area contributed by atoms with E-state index in [0.29, 0.717) is 17.9 Å². The maximum absolute atomic E-state index is 11.9. The zero-order valence-electron chi connectivity index (χ0n) is 12.0. The Labute approximate surface area is 133 Å². The van der Waals surface area contributed by atoms with Gasteiger partial charge in [-0.25, -0.2) is 4.79 Å². The first-order valence-corrected chi connectivity index (χ1v) is 8.16. The van der Waals surface area contributed by atoms with E-state index >= 15 is 0 Å². The molecule has 0 aliphatic rings. The Morgan fingerprint density at radius 1 is 1.38 bits per heavy atom. The van der Waals surface area contributed by atoms with Crippen LogP contribution in [0.25, 0.3) is 0 Å². The number of ether oxygens (including phenoxy) is 1. The minimum Gasteiger partial charge on any atom is -0.462 e. The number of rotatable bonds is 6. The van der Waals surface area contributed by atoms with Crippen LogP contribution < -0.4 is 0 Å². The molecule has 1 aromatic heterocycles. The fourth-order valence-electron chi connectivity index (χ4n) is 1.89. The van der Waals surface area contributed by atoms with Gasteiger partial charge >= 0.3 is 5.97 Å². The van der Waals surface area contributed by atoms with Crippen LogP contribution in [0.2, 0.25) is 5.02 Å². The average Bonchev–Trinajstić information content (AvgIpc) is 2.83. The quantitative estimate of drug-likeness (QED) is 0.760. The van der Waals surface area contributed by atoms with Crippen LogP contribution in [0.15, 0.2) is 30.5 Å². The number of thioether (sulfide) groups is 1. The number of aryl methyl sites for hydroxylation is 1. The topological polar surface area (TPSA) is 44.1 Å². The predicted molar refractivity (Wildman–Crippen MR) is 85.6 cm³/mol. The fourth-order valence-corrected chi connectivity index (χ4v) is 3.28. The number of carbonyl (C=O) groups excluding carboxylic acids is 1. The van der Waals surface area contributed by atoms with Gasteiger partial charge in [0.25, 0.3) is 0 Å². The highest BCUT2D eigenvalue weighted by Crippen LogP contribution is 2.24. The van der Waals surface area contributed by atoms with Gasteiger partial charge in [0.1, 0.15) is 5.56 Å². The van der Waals surface area contributed by atoms with Gasteiger partial charge in [-0.05, 0) is 18.6 Å². The highest BCUT2D eigenvalue weighted by atomic mass is 35.5. The number of halogens is 1. The Kier molecular flexibility index (Phi) is 5.70. The lowest BCUT2D eigenvalue weighted by atomic mass is 10.2. The van der Waals surface area contributed by atoms with E-state index in [9.17, 15) is 4.79 Å². The van der Waals surface area contributed by atoms with Gasteiger partial charge in [0.2, 0.25) is 0 Å². The third-order valence-corrected chi connectivity index (χ3v) is 4.37. The molecule has 0 amide bonds. The molecule has 0 saturated heterocycles. The van der Waals surface area contributed by atoms with Gasteiger partial charge in [0.05, 0.1) is 18.5 Å². The number of hydrogen-bond acceptors (Lipinski definition) is 4. The molecule has 0 aliphatic carbocycles. The Morgan fingerprint density at radius 3 is 2.86 bits per heavy atom. The minimum atomic E-state index is -0.320. The molecule has 0 radical (unpaired) electrons. The van der Waals surface area contributed by atoms with Gasteiger partial charge in [-0.2, -0.15) is 16.9 Å². The van der Waals surface area contributed by atoms with Gasteiger partial charge in [-0.1, -0.05) is 29.8 Å². The average molecular weight is 325 g/mol. The SMILES string of the molecule is CCOC(=O)c1cnn(C)c1CSCc1ccccc1Cl. The molecule has 0 N–H and O–H groups in total. The van der Waals surface area contributed by atoms with E-state index in [1.807, 2.05) is 31.3 Å². The van der Waals surface area contributed by atoms with Crippen molar-refractivity contribution in [1.82, 2.24) is 9.78 Å². The molecule has 0 spiro atoms. The van der Waals surface area contributed by atoms with Crippen molar-refractivity contribution in [2.24, 2.45) is 7.05 Å². The lowest BCUT2D eigenvalue weighted by Gasteiger charge is -2.07. The zero-order chi connectivity index (χ0) is 15.2. The number of nitrogens with zero attached hydrogens (tertiary/aromatic N) is 2. The van der Waals surface area contributed by atoms with Crippen LogP contribution in [0.3, 0.4) is 0 Å². The van der Waals surface area contributed by atoms with Crippen molar-refractivity contribution < 1.29 is 9.53 Å². The van der Waals surface area contributed by atoms with Crippen LogP contribution in [-0.2, 0) is 23.3 Å². The summed E-state index contributed by atoms with van der Waals surface area (Å²) in [4.78, 5) is 11.9. The first-order chi connectivity index (χ1) is 10.1. The molecule has 21 heavy (non-hydrogen) atoms. The molecule has 2 aromatic rings. The van der Waals surface area contributed by atoms with Crippen molar-refractivity contribution >= 4 is 29.3 Å². The van der Waals surface area contributed by atoms with Gasteiger partial charge < -0.3 is 4.74 Å². The molecule has 0 atom stereocenters.